The summed E-state index contributed by atoms with van der Waals surface area (Å²) in [5, 5.41) is 187. The van der Waals surface area contributed by atoms with E-state index in [2.05, 4.69) is 27.7 Å². The molecule has 0 aromatic carbocycles. The lowest BCUT2D eigenvalue weighted by atomic mass is 9.44. The molecule has 11 aliphatic rings. The summed E-state index contributed by atoms with van der Waals surface area (Å²) in [5.41, 5.74) is -0.144. The van der Waals surface area contributed by atoms with E-state index >= 15 is 0 Å². The summed E-state index contributed by atoms with van der Waals surface area (Å²) in [6.45, 7) is 5.28. The Kier molecular flexibility index (Phi) is 20.0. The average Bonchev–Trinajstić information content (AvgIpc) is 1.49. The topological polar surface area (TPSA) is 455 Å². The molecule has 29 nitrogen and oxygen atoms in total. The molecular formula is C57H94O29. The fourth-order valence-corrected chi connectivity index (χ4v) is 17.7. The first-order valence-corrected chi connectivity index (χ1v) is 30.9. The summed E-state index contributed by atoms with van der Waals surface area (Å²) in [5.74, 6) is 2.05. The van der Waals surface area contributed by atoms with Crippen LogP contribution in [0.4, 0.5) is 0 Å². The van der Waals surface area contributed by atoms with Gasteiger partial charge in [-0.05, 0) is 97.7 Å². The Balaban J connectivity index is 0.794. The van der Waals surface area contributed by atoms with Crippen LogP contribution in [0.1, 0.15) is 85.5 Å². The van der Waals surface area contributed by atoms with Crippen molar-refractivity contribution in [1.29, 1.82) is 0 Å². The van der Waals surface area contributed by atoms with Gasteiger partial charge in [-0.3, -0.25) is 0 Å². The number of aliphatic hydroxyl groups is 17. The van der Waals surface area contributed by atoms with E-state index < -0.39 is 205 Å². The van der Waals surface area contributed by atoms with Crippen LogP contribution in [-0.4, -0.2) is 304 Å². The first kappa shape index (κ1) is 66.3. The number of fused-ring (bicyclic) bond motifs is 7. The largest absolute Gasteiger partial charge is 0.394 e. The van der Waals surface area contributed by atoms with E-state index in [0.717, 1.165) is 44.9 Å². The first-order valence-electron chi connectivity index (χ1n) is 30.9. The van der Waals surface area contributed by atoms with Crippen molar-refractivity contribution in [1.82, 2.24) is 0 Å². The van der Waals surface area contributed by atoms with Gasteiger partial charge < -0.3 is 144 Å². The lowest BCUT2D eigenvalue weighted by Gasteiger charge is -2.62. The zero-order chi connectivity index (χ0) is 61.8. The van der Waals surface area contributed by atoms with E-state index in [1.54, 1.807) is 0 Å². The van der Waals surface area contributed by atoms with Crippen molar-refractivity contribution in [3.05, 3.63) is 0 Å². The molecule has 86 heavy (non-hydrogen) atoms. The lowest BCUT2D eigenvalue weighted by Crippen LogP contribution is -2.69. The molecule has 1 unspecified atom stereocenters. The summed E-state index contributed by atoms with van der Waals surface area (Å²) in [6.07, 6.45) is -42.1. The molecule has 7 heterocycles. The monoisotopic (exact) mass is 1240 g/mol. The number of aliphatic hydroxyl groups excluding tert-OH is 17. The van der Waals surface area contributed by atoms with Crippen LogP contribution in [0.5, 0.6) is 0 Å². The molecular weight excluding hydrogens is 1150 g/mol. The average molecular weight is 1240 g/mol. The molecule has 11 rings (SSSR count). The van der Waals surface area contributed by atoms with Gasteiger partial charge >= 0.3 is 0 Å². The van der Waals surface area contributed by atoms with E-state index in [1.807, 2.05) is 0 Å². The fraction of sp³-hybridized carbons (Fsp3) is 1.00. The molecule has 29 heteroatoms. The van der Waals surface area contributed by atoms with E-state index in [1.165, 1.54) is 0 Å². The highest BCUT2D eigenvalue weighted by molar-refractivity contribution is 5.16. The predicted octanol–water partition coefficient (Wildman–Crippen LogP) is -6.11. The second-order valence-corrected chi connectivity index (χ2v) is 27.3. The molecule has 0 radical (unpaired) electrons. The van der Waals surface area contributed by atoms with E-state index in [9.17, 15) is 86.8 Å². The van der Waals surface area contributed by atoms with Crippen molar-refractivity contribution < 1.29 is 144 Å². The lowest BCUT2D eigenvalue weighted by molar-refractivity contribution is -0.411. The van der Waals surface area contributed by atoms with Crippen molar-refractivity contribution >= 4 is 0 Å². The smallest absolute Gasteiger partial charge is 0.187 e. The first-order chi connectivity index (χ1) is 40.9. The van der Waals surface area contributed by atoms with Crippen molar-refractivity contribution in [2.45, 2.75) is 263 Å². The third kappa shape index (κ3) is 11.5. The number of ether oxygens (including phenoxy) is 12. The Morgan fingerprint density at radius 3 is 1.51 bits per heavy atom. The minimum absolute atomic E-state index is 0.0937. The van der Waals surface area contributed by atoms with Crippen molar-refractivity contribution in [3.63, 3.8) is 0 Å². The molecule has 38 atom stereocenters. The molecule has 4 saturated carbocycles. The normalized spacial score (nSPS) is 57.5. The molecule has 11 fully saturated rings. The van der Waals surface area contributed by atoms with Crippen LogP contribution >= 0.6 is 0 Å². The quantitative estimate of drug-likeness (QED) is 0.0679. The van der Waals surface area contributed by atoms with E-state index in [4.69, 9.17) is 56.8 Å². The molecule has 0 aromatic heterocycles. The van der Waals surface area contributed by atoms with Crippen molar-refractivity contribution in [2.24, 2.45) is 52.3 Å². The second-order valence-electron chi connectivity index (χ2n) is 27.3. The van der Waals surface area contributed by atoms with Crippen LogP contribution in [0, 0.1) is 52.3 Å². The maximum Gasteiger partial charge on any atom is 0.187 e. The van der Waals surface area contributed by atoms with Gasteiger partial charge in [0.25, 0.3) is 0 Å². The van der Waals surface area contributed by atoms with Gasteiger partial charge in [-0.2, -0.15) is 0 Å². The molecule has 7 aliphatic heterocycles. The summed E-state index contributed by atoms with van der Waals surface area (Å²) in [4.78, 5) is 0. The zero-order valence-corrected chi connectivity index (χ0v) is 48.8. The molecule has 7 saturated heterocycles. The number of hydrogen-bond acceptors (Lipinski definition) is 29. The molecule has 0 amide bonds. The van der Waals surface area contributed by atoms with Gasteiger partial charge in [-0.25, -0.2) is 0 Å². The van der Waals surface area contributed by atoms with Gasteiger partial charge in [0.05, 0.1) is 58.0 Å². The van der Waals surface area contributed by atoms with Crippen molar-refractivity contribution in [3.8, 4) is 0 Å². The van der Waals surface area contributed by atoms with E-state index in [0.29, 0.717) is 49.0 Å². The highest BCUT2D eigenvalue weighted by atomic mass is 16.8. The Labute approximate surface area is 497 Å². The van der Waals surface area contributed by atoms with Crippen LogP contribution in [0.3, 0.4) is 0 Å². The van der Waals surface area contributed by atoms with Crippen molar-refractivity contribution in [2.75, 3.05) is 39.6 Å². The molecule has 17 N–H and O–H groups in total. The summed E-state index contributed by atoms with van der Waals surface area (Å²) in [7, 11) is 0. The third-order valence-electron chi connectivity index (χ3n) is 22.5. The van der Waals surface area contributed by atoms with Gasteiger partial charge in [0.2, 0.25) is 0 Å². The molecule has 0 bridgehead atoms. The third-order valence-corrected chi connectivity index (χ3v) is 22.5. The van der Waals surface area contributed by atoms with Gasteiger partial charge in [0.15, 0.2) is 37.2 Å². The van der Waals surface area contributed by atoms with Crippen LogP contribution in [0.25, 0.3) is 0 Å². The van der Waals surface area contributed by atoms with Gasteiger partial charge in [-0.15, -0.1) is 0 Å². The molecule has 496 valence electrons. The van der Waals surface area contributed by atoms with Gasteiger partial charge in [-0.1, -0.05) is 27.7 Å². The SMILES string of the molecule is CC1CC[C@@]2(OC1)O[C@H]1C[C@H]3[C@@H]4CC[C@H]5C[C@@H](O[C@@H]6O[C@H](CO)[C@@H](O[C@@H]7O[C@H](CO)[C@@H](O)[C@H](O[C@@H]8O[C@H](CO)[C@@H](O)[C@H](O[C@@H]9O[C@H](CO)[C@@H](O)[C@H](O)[C@H]9O)[C@H]8O)[C@H]7O[C@@H]7O[C@H](CO)[C@@H](O)[C@H](O)[C@H]7O)[C@H](O)[C@H]6O)[C@H](O)C[C@]5(C)[C@H]4CC[C@]3(C)[C@H]1[C@@H]2C. The maximum atomic E-state index is 12.1. The van der Waals surface area contributed by atoms with Crippen LogP contribution < -0.4 is 0 Å². The highest BCUT2D eigenvalue weighted by Crippen LogP contribution is 2.71. The zero-order valence-electron chi connectivity index (χ0n) is 48.8. The number of hydrogen-bond donors (Lipinski definition) is 17. The highest BCUT2D eigenvalue weighted by Gasteiger charge is 2.70. The maximum absolute atomic E-state index is 12.1. The molecule has 0 aromatic rings. The van der Waals surface area contributed by atoms with Crippen LogP contribution in [0.15, 0.2) is 0 Å². The Bertz CT molecular complexity index is 2230. The summed E-state index contributed by atoms with van der Waals surface area (Å²) >= 11 is 0. The van der Waals surface area contributed by atoms with Crippen LogP contribution in [0.2, 0.25) is 0 Å². The molecule has 1 spiro atoms. The molecule has 4 aliphatic carbocycles. The number of rotatable bonds is 15. The Morgan fingerprint density at radius 2 is 0.930 bits per heavy atom. The minimum atomic E-state index is -2.22. The minimum Gasteiger partial charge on any atom is -0.394 e. The Hall–Kier alpha value is -1.16. The van der Waals surface area contributed by atoms with E-state index in [-0.39, 0.29) is 28.8 Å². The summed E-state index contributed by atoms with van der Waals surface area (Å²) < 4.78 is 73.1. The predicted molar refractivity (Wildman–Crippen MR) is 282 cm³/mol. The second kappa shape index (κ2) is 26.0. The summed E-state index contributed by atoms with van der Waals surface area (Å²) in [6, 6.07) is 0. The standard InChI is InChI=1S/C57H94O29/c1-20-7-10-57(75-19-20)21(2)34-28(86-57)12-25-23-6-5-22-11-27(26(63)13-56(22,4)24(23)8-9-55(25,34)3)76-50-44(73)41(70)46(33(18-62)81-50)82-54-49(85-52-43(72)40(69)36(65)30(15-59)78-52)48(38(67)32(17-61)80-54)84-53-45(74)47(37(66)31(16-60)79-53)83-51-42(71)39(68)35(64)29(14-58)77-51/h20-54,58-74H,5-19H2,1-4H3/t20?,21-,22-,23+,24-,25-,26+,27+,28-,29+,30+,31+,32+,33+,34-,35+,36+,37+,38+,39-,40-,41+,42+,43+,44+,45+,46+,47-,48-,49+,50+,51-,52-,53-,54-,55-,56-,57+/m0/s1. The fourth-order valence-electron chi connectivity index (χ4n) is 17.7. The van der Waals surface area contributed by atoms with Gasteiger partial charge in [0, 0.05) is 12.3 Å². The van der Waals surface area contributed by atoms with Crippen LogP contribution in [-0.2, 0) is 56.8 Å². The van der Waals surface area contributed by atoms with Gasteiger partial charge in [0.1, 0.15) is 122 Å². The Morgan fingerprint density at radius 1 is 0.430 bits per heavy atom.